The number of nitrogens with one attached hydrogen (secondary N) is 2. The summed E-state index contributed by atoms with van der Waals surface area (Å²) >= 11 is 11.3. The molecule has 3 aliphatic heterocycles. The van der Waals surface area contributed by atoms with E-state index in [0.717, 1.165) is 0 Å². The number of benzene rings is 1. The van der Waals surface area contributed by atoms with E-state index >= 15 is 0 Å². The Morgan fingerprint density at radius 3 is 2.55 bits per heavy atom. The summed E-state index contributed by atoms with van der Waals surface area (Å²) in [6.07, 6.45) is 1.16. The van der Waals surface area contributed by atoms with E-state index in [1.165, 1.54) is 0 Å². The monoisotopic (exact) mass is 557 g/mol. The Morgan fingerprint density at radius 2 is 1.97 bits per heavy atom. The van der Waals surface area contributed by atoms with E-state index in [2.05, 4.69) is 26.6 Å². The molecule has 10 heteroatoms. The molecule has 180 valence electrons. The highest BCUT2D eigenvalue weighted by molar-refractivity contribution is 9.09. The summed E-state index contributed by atoms with van der Waals surface area (Å²) in [5.74, 6) is -1.62. The maximum Gasteiger partial charge on any atom is 0.248 e. The Labute approximate surface area is 211 Å². The van der Waals surface area contributed by atoms with Gasteiger partial charge in [-0.05, 0) is 43.0 Å². The lowest BCUT2D eigenvalue weighted by atomic mass is 9.70. The average Bonchev–Trinajstić information content (AvgIpc) is 3.36. The predicted octanol–water partition coefficient (Wildman–Crippen LogP) is 2.90. The number of aliphatic hydroxyl groups excluding tert-OH is 1. The number of aliphatic hydroxyl groups is 1. The summed E-state index contributed by atoms with van der Waals surface area (Å²) in [7, 11) is 1.58. The molecule has 1 aromatic rings. The number of nitrogens with zero attached hydrogens (tertiary/aromatic N) is 1. The fraction of sp³-hybridized carbons (Fsp3) is 0.609. The van der Waals surface area contributed by atoms with Gasteiger partial charge in [0, 0.05) is 27.8 Å². The van der Waals surface area contributed by atoms with Gasteiger partial charge in [-0.25, -0.2) is 0 Å². The van der Waals surface area contributed by atoms with Crippen LogP contribution in [0, 0.1) is 17.8 Å². The third kappa shape index (κ3) is 4.09. The molecule has 3 unspecified atom stereocenters. The van der Waals surface area contributed by atoms with E-state index in [4.69, 9.17) is 11.6 Å². The van der Waals surface area contributed by atoms with Crippen molar-refractivity contribution in [3.05, 3.63) is 29.3 Å². The lowest BCUT2D eigenvalue weighted by Crippen LogP contribution is -2.55. The number of fused-ring (bicyclic) bond motifs is 1. The molecule has 7 atom stereocenters. The number of halogens is 2. The first kappa shape index (κ1) is 24.8. The number of alkyl halides is 1. The maximum atomic E-state index is 13.9. The van der Waals surface area contributed by atoms with Gasteiger partial charge in [-0.1, -0.05) is 41.4 Å². The first-order valence-corrected chi connectivity index (χ1v) is 13.3. The van der Waals surface area contributed by atoms with Crippen LogP contribution in [-0.4, -0.2) is 68.3 Å². The second kappa shape index (κ2) is 9.40. The van der Waals surface area contributed by atoms with Gasteiger partial charge in [0.15, 0.2) is 0 Å². The van der Waals surface area contributed by atoms with Crippen LogP contribution in [0.25, 0.3) is 0 Å². The minimum absolute atomic E-state index is 0.0114. The number of thioether (sulfide) groups is 1. The predicted molar refractivity (Wildman–Crippen MR) is 134 cm³/mol. The zero-order valence-electron chi connectivity index (χ0n) is 18.8. The molecule has 1 spiro atoms. The summed E-state index contributed by atoms with van der Waals surface area (Å²) in [4.78, 5) is 42.2. The molecule has 0 saturated carbocycles. The van der Waals surface area contributed by atoms with E-state index in [1.807, 2.05) is 13.8 Å². The van der Waals surface area contributed by atoms with Crippen molar-refractivity contribution >= 4 is 62.7 Å². The molecule has 0 aliphatic carbocycles. The number of hydrogen-bond donors (Lipinski definition) is 3. The number of carbonyl (C=O) groups excluding carboxylic acids is 3. The molecule has 2 bridgehead atoms. The molecular weight excluding hydrogens is 530 g/mol. The van der Waals surface area contributed by atoms with Gasteiger partial charge in [-0.2, -0.15) is 0 Å². The highest BCUT2D eigenvalue weighted by atomic mass is 79.9. The van der Waals surface area contributed by atoms with Crippen molar-refractivity contribution in [1.29, 1.82) is 0 Å². The van der Waals surface area contributed by atoms with Crippen LogP contribution in [0.1, 0.15) is 26.7 Å². The Bertz CT molecular complexity index is 948. The number of anilines is 1. The van der Waals surface area contributed by atoms with Gasteiger partial charge < -0.3 is 20.6 Å². The highest BCUT2D eigenvalue weighted by Crippen LogP contribution is 2.68. The van der Waals surface area contributed by atoms with Gasteiger partial charge in [-0.3, -0.25) is 14.4 Å². The van der Waals surface area contributed by atoms with E-state index in [9.17, 15) is 19.5 Å². The van der Waals surface area contributed by atoms with Crippen LogP contribution in [0.4, 0.5) is 5.69 Å². The van der Waals surface area contributed by atoms with E-state index < -0.39 is 28.7 Å². The second-order valence-corrected chi connectivity index (χ2v) is 12.6. The molecule has 0 radical (unpaired) electrons. The zero-order chi connectivity index (χ0) is 24.1. The molecule has 3 aliphatic rings. The van der Waals surface area contributed by atoms with Crippen molar-refractivity contribution < 1.29 is 19.5 Å². The lowest BCUT2D eigenvalue weighted by molar-refractivity contribution is -0.142. The van der Waals surface area contributed by atoms with Gasteiger partial charge in [-0.15, -0.1) is 11.8 Å². The SMILES string of the molecule is CNC(=O)[C@H]1[C@@H]2SC3(CC2Br)C(C(=O)Nc2ccc(Cl)cc2)N([C@@H](CO)CC(C)C)C(=O)[C@H]13. The van der Waals surface area contributed by atoms with Crippen molar-refractivity contribution in [2.75, 3.05) is 19.0 Å². The molecule has 1 aromatic carbocycles. The quantitative estimate of drug-likeness (QED) is 0.447. The summed E-state index contributed by atoms with van der Waals surface area (Å²) in [6.45, 7) is 3.80. The molecule has 3 saturated heterocycles. The fourth-order valence-corrected chi connectivity index (χ4v) is 9.52. The van der Waals surface area contributed by atoms with Crippen molar-refractivity contribution in [3.63, 3.8) is 0 Å². The van der Waals surface area contributed by atoms with Crippen LogP contribution in [0.2, 0.25) is 5.02 Å². The van der Waals surface area contributed by atoms with Gasteiger partial charge in [0.05, 0.1) is 29.2 Å². The molecule has 3 heterocycles. The fourth-order valence-electron chi connectivity index (χ4n) is 5.79. The minimum Gasteiger partial charge on any atom is -0.394 e. The molecule has 0 aromatic heterocycles. The van der Waals surface area contributed by atoms with E-state index in [-0.39, 0.29) is 40.3 Å². The number of carbonyl (C=O) groups is 3. The topological polar surface area (TPSA) is 98.7 Å². The highest BCUT2D eigenvalue weighted by Gasteiger charge is 2.76. The Morgan fingerprint density at radius 1 is 1.30 bits per heavy atom. The third-order valence-electron chi connectivity index (χ3n) is 6.98. The Hall–Kier alpha value is -1.29. The van der Waals surface area contributed by atoms with Crippen molar-refractivity contribution in [2.24, 2.45) is 17.8 Å². The smallest absolute Gasteiger partial charge is 0.248 e. The molecule has 3 N–H and O–H groups in total. The molecule has 4 rings (SSSR count). The largest absolute Gasteiger partial charge is 0.394 e. The number of hydrogen-bond acceptors (Lipinski definition) is 5. The van der Waals surface area contributed by atoms with Gasteiger partial charge in [0.25, 0.3) is 0 Å². The standard InChI is InChI=1S/C23H29BrClN3O4S/c1-11(2)8-14(10-29)28-19(21(31)27-13-6-4-12(25)5-7-13)23-9-15(24)18(33-23)16(20(30)26-3)17(23)22(28)32/h4-7,11,14-19,29H,8-10H2,1-3H3,(H,26,30)(H,27,31)/t14-,15?,16-,17+,18-,19?,23?/m1/s1. The van der Waals surface area contributed by atoms with Crippen molar-refractivity contribution in [3.8, 4) is 0 Å². The van der Waals surface area contributed by atoms with Crippen LogP contribution in [0.3, 0.4) is 0 Å². The summed E-state index contributed by atoms with van der Waals surface area (Å²) in [6, 6.07) is 5.51. The number of rotatable bonds is 7. The normalized spacial score (nSPS) is 33.4. The molecule has 3 fully saturated rings. The first-order valence-electron chi connectivity index (χ1n) is 11.2. The average molecular weight is 559 g/mol. The van der Waals surface area contributed by atoms with Crippen LogP contribution in [0.15, 0.2) is 24.3 Å². The second-order valence-electron chi connectivity index (χ2n) is 9.49. The zero-order valence-corrected chi connectivity index (χ0v) is 21.9. The van der Waals surface area contributed by atoms with Crippen molar-refractivity contribution in [2.45, 2.75) is 53.6 Å². The van der Waals surface area contributed by atoms with Crippen LogP contribution in [0.5, 0.6) is 0 Å². The van der Waals surface area contributed by atoms with E-state index in [0.29, 0.717) is 23.6 Å². The van der Waals surface area contributed by atoms with Gasteiger partial charge in [0.1, 0.15) is 6.04 Å². The first-order chi connectivity index (χ1) is 15.6. The minimum atomic E-state index is -0.800. The summed E-state index contributed by atoms with van der Waals surface area (Å²) in [5.41, 5.74) is 0.580. The van der Waals surface area contributed by atoms with Gasteiger partial charge >= 0.3 is 0 Å². The number of amides is 3. The maximum absolute atomic E-state index is 13.9. The molecular formula is C23H29BrClN3O4S. The lowest BCUT2D eigenvalue weighted by Gasteiger charge is -2.37. The molecule has 33 heavy (non-hydrogen) atoms. The van der Waals surface area contributed by atoms with Crippen LogP contribution >= 0.6 is 39.3 Å². The third-order valence-corrected chi connectivity index (χ3v) is 10.5. The van der Waals surface area contributed by atoms with Crippen molar-refractivity contribution in [1.82, 2.24) is 10.2 Å². The van der Waals surface area contributed by atoms with Gasteiger partial charge in [0.2, 0.25) is 17.7 Å². The van der Waals surface area contributed by atoms with E-state index in [1.54, 1.807) is 48.0 Å². The Kier molecular flexibility index (Phi) is 7.07. The summed E-state index contributed by atoms with van der Waals surface area (Å²) in [5, 5.41) is 16.4. The van der Waals surface area contributed by atoms with Crippen LogP contribution < -0.4 is 10.6 Å². The number of likely N-dealkylation sites (tertiary alicyclic amines) is 1. The Balaban J connectivity index is 1.77. The van der Waals surface area contributed by atoms with Crippen LogP contribution in [-0.2, 0) is 14.4 Å². The molecule has 7 nitrogen and oxygen atoms in total. The molecule has 3 amide bonds. The summed E-state index contributed by atoms with van der Waals surface area (Å²) < 4.78 is -0.742.